The van der Waals surface area contributed by atoms with Crippen LogP contribution in [-0.2, 0) is 0 Å². The second-order valence-electron chi connectivity index (χ2n) is 4.59. The molecule has 0 radical (unpaired) electrons. The van der Waals surface area contributed by atoms with Crippen LogP contribution in [-0.4, -0.2) is 9.97 Å². The topological polar surface area (TPSA) is 28.7 Å². The molecule has 0 saturated heterocycles. The van der Waals surface area contributed by atoms with Crippen molar-refractivity contribution in [2.24, 2.45) is 0 Å². The van der Waals surface area contributed by atoms with Crippen molar-refractivity contribution in [2.75, 3.05) is 0 Å². The molecule has 0 saturated carbocycles. The lowest BCUT2D eigenvalue weighted by molar-refractivity contribution is 0.628. The van der Waals surface area contributed by atoms with Crippen molar-refractivity contribution >= 4 is 12.2 Å². The van der Waals surface area contributed by atoms with Gasteiger partial charge in [-0.05, 0) is 36.8 Å². The number of hydrogen-bond acceptors (Lipinski definition) is 2. The van der Waals surface area contributed by atoms with Gasteiger partial charge in [0.2, 0.25) is 0 Å². The van der Waals surface area contributed by atoms with Crippen molar-refractivity contribution in [3.63, 3.8) is 0 Å². The van der Waals surface area contributed by atoms with E-state index in [0.29, 0.717) is 4.64 Å². The Labute approximate surface area is 111 Å². The van der Waals surface area contributed by atoms with E-state index in [2.05, 4.69) is 23.8 Å². The van der Waals surface area contributed by atoms with Gasteiger partial charge in [-0.1, -0.05) is 26.1 Å². The normalized spacial score (nSPS) is 10.9. The van der Waals surface area contributed by atoms with E-state index in [1.165, 1.54) is 12.1 Å². The molecule has 0 unspecified atom stereocenters. The first kappa shape index (κ1) is 12.9. The molecule has 0 atom stereocenters. The van der Waals surface area contributed by atoms with Crippen LogP contribution in [0, 0.1) is 17.4 Å². The second kappa shape index (κ2) is 4.98. The first-order chi connectivity index (χ1) is 8.49. The summed E-state index contributed by atoms with van der Waals surface area (Å²) in [4.78, 5) is 7.65. The molecule has 1 aromatic heterocycles. The van der Waals surface area contributed by atoms with Gasteiger partial charge in [0.1, 0.15) is 16.3 Å². The number of nitrogens with one attached hydrogen (secondary N) is 1. The third-order valence-corrected chi connectivity index (χ3v) is 3.25. The van der Waals surface area contributed by atoms with Gasteiger partial charge in [0.05, 0.1) is 5.69 Å². The van der Waals surface area contributed by atoms with Gasteiger partial charge < -0.3 is 4.98 Å². The number of hydrogen-bond donors (Lipinski definition) is 1. The van der Waals surface area contributed by atoms with Gasteiger partial charge in [-0.3, -0.25) is 0 Å². The summed E-state index contributed by atoms with van der Waals surface area (Å²) in [7, 11) is 0. The van der Waals surface area contributed by atoms with Gasteiger partial charge in [-0.2, -0.15) is 0 Å². The number of halogens is 1. The molecular weight excluding hydrogens is 247 g/mol. The highest BCUT2D eigenvalue weighted by Crippen LogP contribution is 2.23. The molecule has 94 valence electrons. The van der Waals surface area contributed by atoms with Gasteiger partial charge in [0.25, 0.3) is 0 Å². The second-order valence-corrected chi connectivity index (χ2v) is 4.98. The molecule has 1 N–H and O–H groups in total. The van der Waals surface area contributed by atoms with E-state index < -0.39 is 0 Å². The molecule has 0 fully saturated rings. The lowest BCUT2D eigenvalue weighted by Crippen LogP contribution is -2.02. The highest BCUT2D eigenvalue weighted by molar-refractivity contribution is 7.71. The van der Waals surface area contributed by atoms with Crippen molar-refractivity contribution in [2.45, 2.75) is 26.7 Å². The maximum absolute atomic E-state index is 12.9. The van der Waals surface area contributed by atoms with E-state index in [0.717, 1.165) is 22.6 Å². The van der Waals surface area contributed by atoms with Crippen LogP contribution >= 0.6 is 12.2 Å². The molecular formula is C14H15FN2S. The van der Waals surface area contributed by atoms with Gasteiger partial charge >= 0.3 is 0 Å². The molecule has 1 aromatic carbocycles. The summed E-state index contributed by atoms with van der Waals surface area (Å²) in [5.74, 6) is 0.879. The zero-order chi connectivity index (χ0) is 13.3. The van der Waals surface area contributed by atoms with Gasteiger partial charge in [0, 0.05) is 11.5 Å². The molecule has 0 bridgehead atoms. The van der Waals surface area contributed by atoms with E-state index in [1.54, 1.807) is 12.1 Å². The van der Waals surface area contributed by atoms with E-state index in [-0.39, 0.29) is 11.7 Å². The fraction of sp³-hybridized carbons (Fsp3) is 0.286. The minimum absolute atomic E-state index is 0.242. The maximum atomic E-state index is 12.9. The SMILES string of the molecule is Cc1c(-c2ccc(F)cc2)[nH]c(C(C)C)nc1=S. The molecule has 18 heavy (non-hydrogen) atoms. The Balaban J connectivity index is 2.63. The summed E-state index contributed by atoms with van der Waals surface area (Å²) in [5.41, 5.74) is 2.75. The quantitative estimate of drug-likeness (QED) is 0.814. The van der Waals surface area contributed by atoms with Crippen LogP contribution in [0.3, 0.4) is 0 Å². The van der Waals surface area contributed by atoms with Gasteiger partial charge in [0.15, 0.2) is 0 Å². The Morgan fingerprint density at radius 1 is 1.22 bits per heavy atom. The lowest BCUT2D eigenvalue weighted by Gasteiger charge is -2.11. The van der Waals surface area contributed by atoms with Crippen molar-refractivity contribution in [1.82, 2.24) is 9.97 Å². The van der Waals surface area contributed by atoms with Gasteiger partial charge in [-0.25, -0.2) is 9.37 Å². The van der Waals surface area contributed by atoms with Crippen molar-refractivity contribution in [1.29, 1.82) is 0 Å². The Morgan fingerprint density at radius 2 is 1.83 bits per heavy atom. The zero-order valence-electron chi connectivity index (χ0n) is 10.6. The molecule has 4 heteroatoms. The van der Waals surface area contributed by atoms with Gasteiger partial charge in [-0.15, -0.1) is 0 Å². The summed E-state index contributed by atoms with van der Waals surface area (Å²) >= 11 is 5.27. The molecule has 2 aromatic rings. The molecule has 0 spiro atoms. The highest BCUT2D eigenvalue weighted by Gasteiger charge is 2.09. The Morgan fingerprint density at radius 3 is 2.39 bits per heavy atom. The molecule has 0 aliphatic carbocycles. The Kier molecular flexibility index (Phi) is 3.57. The number of rotatable bonds is 2. The van der Waals surface area contributed by atoms with Crippen LogP contribution in [0.15, 0.2) is 24.3 Å². The monoisotopic (exact) mass is 262 g/mol. The molecule has 0 aliphatic heterocycles. The number of aromatic nitrogens is 2. The zero-order valence-corrected chi connectivity index (χ0v) is 11.4. The maximum Gasteiger partial charge on any atom is 0.133 e. The highest BCUT2D eigenvalue weighted by atomic mass is 32.1. The van der Waals surface area contributed by atoms with Crippen molar-refractivity contribution < 1.29 is 4.39 Å². The molecule has 2 nitrogen and oxygen atoms in total. The summed E-state index contributed by atoms with van der Waals surface area (Å²) in [6.45, 7) is 6.03. The minimum atomic E-state index is -0.242. The van der Waals surface area contributed by atoms with E-state index in [4.69, 9.17) is 12.2 Å². The molecule has 0 amide bonds. The third kappa shape index (κ3) is 2.48. The van der Waals surface area contributed by atoms with Crippen molar-refractivity contribution in [3.8, 4) is 11.3 Å². The summed E-state index contributed by atoms with van der Waals surface area (Å²) < 4.78 is 13.5. The van der Waals surface area contributed by atoms with Crippen LogP contribution in [0.25, 0.3) is 11.3 Å². The minimum Gasteiger partial charge on any atom is -0.343 e. The average molecular weight is 262 g/mol. The summed E-state index contributed by atoms with van der Waals surface area (Å²) in [6.07, 6.45) is 0. The first-order valence-electron chi connectivity index (χ1n) is 5.86. The average Bonchev–Trinajstić information content (AvgIpc) is 2.33. The fourth-order valence-electron chi connectivity index (χ4n) is 1.73. The molecule has 0 aliphatic rings. The third-order valence-electron chi connectivity index (χ3n) is 2.85. The van der Waals surface area contributed by atoms with Crippen LogP contribution < -0.4 is 0 Å². The summed E-state index contributed by atoms with van der Waals surface area (Å²) in [5, 5.41) is 0. The van der Waals surface area contributed by atoms with Crippen molar-refractivity contribution in [3.05, 3.63) is 46.1 Å². The van der Waals surface area contributed by atoms with E-state index in [9.17, 15) is 4.39 Å². The standard InChI is InChI=1S/C14H15FN2S/c1-8(2)13-16-12(9(3)14(18)17-13)10-4-6-11(15)7-5-10/h4-8H,1-3H3,(H,16,17,18). The van der Waals surface area contributed by atoms with E-state index in [1.807, 2.05) is 6.92 Å². The van der Waals surface area contributed by atoms with Crippen LogP contribution in [0.5, 0.6) is 0 Å². The Hall–Kier alpha value is -1.55. The molecule has 2 rings (SSSR count). The predicted molar refractivity (Wildman–Crippen MR) is 73.6 cm³/mol. The smallest absolute Gasteiger partial charge is 0.133 e. The van der Waals surface area contributed by atoms with Crippen LogP contribution in [0.4, 0.5) is 4.39 Å². The largest absolute Gasteiger partial charge is 0.343 e. The number of aromatic amines is 1. The predicted octanol–water partition coefficient (Wildman–Crippen LogP) is 4.38. The first-order valence-corrected chi connectivity index (χ1v) is 6.26. The number of benzene rings is 1. The number of nitrogens with zero attached hydrogens (tertiary/aromatic N) is 1. The summed E-state index contributed by atoms with van der Waals surface area (Å²) in [6, 6.07) is 6.38. The van der Waals surface area contributed by atoms with Crippen LogP contribution in [0.1, 0.15) is 31.2 Å². The fourth-order valence-corrected chi connectivity index (χ4v) is 1.93. The van der Waals surface area contributed by atoms with Crippen LogP contribution in [0.2, 0.25) is 0 Å². The molecule has 1 heterocycles. The number of H-pyrrole nitrogens is 1. The van der Waals surface area contributed by atoms with E-state index >= 15 is 0 Å². The lowest BCUT2D eigenvalue weighted by atomic mass is 10.1. The Bertz CT molecular complexity index is 615.